The van der Waals surface area contributed by atoms with Crippen molar-refractivity contribution >= 4 is 22.0 Å². The van der Waals surface area contributed by atoms with Gasteiger partial charge in [-0.3, -0.25) is 0 Å². The molecule has 7 nitrogen and oxygen atoms in total. The van der Waals surface area contributed by atoms with E-state index in [0.29, 0.717) is 6.54 Å². The second kappa shape index (κ2) is 9.01. The Morgan fingerprint density at radius 3 is 2.50 bits per heavy atom. The second-order valence-electron chi connectivity index (χ2n) is 7.04. The van der Waals surface area contributed by atoms with Crippen molar-refractivity contribution in [3.63, 3.8) is 0 Å². The lowest BCUT2D eigenvalue weighted by atomic mass is 10.2. The molecule has 1 saturated heterocycles. The lowest BCUT2D eigenvalue weighted by Crippen LogP contribution is -2.41. The SMILES string of the molecule is Cc1ccc(S(=O)(=O)C#CCC2CN(C(=O)N(C)Cc3ccccc3)C(=O)O2)cc1. The Morgan fingerprint density at radius 2 is 1.83 bits per heavy atom. The first-order valence-corrected chi connectivity index (χ1v) is 10.8. The van der Waals surface area contributed by atoms with Crippen molar-refractivity contribution in [2.45, 2.75) is 30.9 Å². The van der Waals surface area contributed by atoms with Gasteiger partial charge in [-0.25, -0.2) is 22.9 Å². The van der Waals surface area contributed by atoms with E-state index in [2.05, 4.69) is 11.2 Å². The van der Waals surface area contributed by atoms with Crippen molar-refractivity contribution in [2.75, 3.05) is 13.6 Å². The van der Waals surface area contributed by atoms with Crippen LogP contribution in [0, 0.1) is 18.1 Å². The average Bonchev–Trinajstić information content (AvgIpc) is 3.08. The van der Waals surface area contributed by atoms with E-state index in [-0.39, 0.29) is 17.9 Å². The molecule has 1 unspecified atom stereocenters. The number of rotatable bonds is 4. The van der Waals surface area contributed by atoms with Crippen LogP contribution in [0.2, 0.25) is 0 Å². The van der Waals surface area contributed by atoms with E-state index in [1.807, 2.05) is 37.3 Å². The minimum atomic E-state index is -3.75. The van der Waals surface area contributed by atoms with Crippen LogP contribution in [-0.2, 0) is 21.1 Å². The molecule has 8 heteroatoms. The normalized spacial score (nSPS) is 15.9. The van der Waals surface area contributed by atoms with Gasteiger partial charge in [0.1, 0.15) is 6.10 Å². The van der Waals surface area contributed by atoms with Gasteiger partial charge in [-0.15, -0.1) is 0 Å². The van der Waals surface area contributed by atoms with Gasteiger partial charge in [0.05, 0.1) is 11.4 Å². The summed E-state index contributed by atoms with van der Waals surface area (Å²) in [6, 6.07) is 15.3. The van der Waals surface area contributed by atoms with Gasteiger partial charge in [0.25, 0.3) is 0 Å². The number of hydrogen-bond donors (Lipinski definition) is 0. The Labute approximate surface area is 176 Å². The molecule has 0 N–H and O–H groups in total. The Kier molecular flexibility index (Phi) is 6.43. The van der Waals surface area contributed by atoms with Crippen LogP contribution in [0.15, 0.2) is 59.5 Å². The van der Waals surface area contributed by atoms with Gasteiger partial charge >= 0.3 is 12.1 Å². The van der Waals surface area contributed by atoms with Crippen LogP contribution >= 0.6 is 0 Å². The third-order valence-corrected chi connectivity index (χ3v) is 5.87. The number of sulfone groups is 1. The smallest absolute Gasteiger partial charge is 0.418 e. The topological polar surface area (TPSA) is 84.0 Å². The molecule has 156 valence electrons. The van der Waals surface area contributed by atoms with Gasteiger partial charge in [-0.05, 0) is 24.6 Å². The molecule has 0 radical (unpaired) electrons. The van der Waals surface area contributed by atoms with Crippen LogP contribution in [0.5, 0.6) is 0 Å². The summed E-state index contributed by atoms with van der Waals surface area (Å²) in [5.41, 5.74) is 1.88. The highest BCUT2D eigenvalue weighted by Crippen LogP contribution is 2.17. The van der Waals surface area contributed by atoms with Gasteiger partial charge in [0.15, 0.2) is 0 Å². The maximum absolute atomic E-state index is 12.6. The van der Waals surface area contributed by atoms with E-state index < -0.39 is 28.1 Å². The van der Waals surface area contributed by atoms with E-state index >= 15 is 0 Å². The lowest BCUT2D eigenvalue weighted by Gasteiger charge is -2.21. The number of ether oxygens (including phenoxy) is 1. The van der Waals surface area contributed by atoms with Gasteiger partial charge in [-0.2, -0.15) is 0 Å². The van der Waals surface area contributed by atoms with Gasteiger partial charge in [-0.1, -0.05) is 53.9 Å². The molecule has 2 aromatic rings. The minimum Gasteiger partial charge on any atom is -0.443 e. The summed E-state index contributed by atoms with van der Waals surface area (Å²) < 4.78 is 29.7. The molecular formula is C22H22N2O5S. The molecule has 0 saturated carbocycles. The summed E-state index contributed by atoms with van der Waals surface area (Å²) in [6.45, 7) is 2.24. The summed E-state index contributed by atoms with van der Waals surface area (Å²) in [5.74, 6) is 2.56. The van der Waals surface area contributed by atoms with Crippen LogP contribution < -0.4 is 0 Å². The molecule has 0 spiro atoms. The van der Waals surface area contributed by atoms with E-state index in [1.54, 1.807) is 19.2 Å². The number of nitrogens with zero attached hydrogens (tertiary/aromatic N) is 2. The Hall–Kier alpha value is -3.31. The van der Waals surface area contributed by atoms with E-state index in [9.17, 15) is 18.0 Å². The number of cyclic esters (lactones) is 1. The van der Waals surface area contributed by atoms with Gasteiger partial charge < -0.3 is 9.64 Å². The van der Waals surface area contributed by atoms with Gasteiger partial charge in [0.2, 0.25) is 9.84 Å². The summed E-state index contributed by atoms with van der Waals surface area (Å²) in [6.07, 6.45) is -1.41. The summed E-state index contributed by atoms with van der Waals surface area (Å²) >= 11 is 0. The van der Waals surface area contributed by atoms with Crippen LogP contribution in [-0.4, -0.2) is 50.0 Å². The lowest BCUT2D eigenvalue weighted by molar-refractivity contribution is 0.131. The number of carbonyl (C=O) groups is 2. The summed E-state index contributed by atoms with van der Waals surface area (Å²) in [7, 11) is -2.15. The van der Waals surface area contributed by atoms with E-state index in [1.165, 1.54) is 17.0 Å². The average molecular weight is 426 g/mol. The molecule has 3 amide bonds. The maximum atomic E-state index is 12.6. The summed E-state index contributed by atoms with van der Waals surface area (Å²) in [4.78, 5) is 27.2. The molecule has 1 heterocycles. The van der Waals surface area contributed by atoms with Crippen LogP contribution in [0.25, 0.3) is 0 Å². The number of imide groups is 1. The zero-order valence-electron chi connectivity index (χ0n) is 16.7. The number of carbonyl (C=O) groups excluding carboxylic acids is 2. The molecule has 3 rings (SSSR count). The maximum Gasteiger partial charge on any atom is 0.418 e. The molecule has 0 aliphatic carbocycles. The zero-order chi connectivity index (χ0) is 21.7. The van der Waals surface area contributed by atoms with Crippen molar-refractivity contribution in [3.05, 3.63) is 65.7 Å². The largest absolute Gasteiger partial charge is 0.443 e. The van der Waals surface area contributed by atoms with Crippen molar-refractivity contribution in [3.8, 4) is 11.2 Å². The van der Waals surface area contributed by atoms with Crippen LogP contribution in [0.3, 0.4) is 0 Å². The van der Waals surface area contributed by atoms with Crippen molar-refractivity contribution in [2.24, 2.45) is 0 Å². The molecule has 1 aliphatic rings. The highest BCUT2D eigenvalue weighted by Gasteiger charge is 2.36. The molecule has 0 aromatic heterocycles. The molecular weight excluding hydrogens is 404 g/mol. The van der Waals surface area contributed by atoms with E-state index in [0.717, 1.165) is 16.0 Å². The monoisotopic (exact) mass is 426 g/mol. The first-order valence-electron chi connectivity index (χ1n) is 9.35. The number of urea groups is 1. The molecule has 1 atom stereocenters. The second-order valence-corrected chi connectivity index (χ2v) is 8.72. The number of hydrogen-bond acceptors (Lipinski definition) is 5. The fourth-order valence-electron chi connectivity index (χ4n) is 2.94. The first-order chi connectivity index (χ1) is 14.3. The Bertz CT molecular complexity index is 1090. The third-order valence-electron chi connectivity index (χ3n) is 4.56. The molecule has 2 aromatic carbocycles. The molecule has 1 aliphatic heterocycles. The zero-order valence-corrected chi connectivity index (χ0v) is 17.6. The first kappa shape index (κ1) is 21.4. The standard InChI is InChI=1S/C22H22N2O5S/c1-17-10-12-20(13-11-17)30(27,28)14-6-9-19-16-24(22(26)29-19)21(25)23(2)15-18-7-4-3-5-8-18/h3-5,7-8,10-13,19H,9,15-16H2,1-2H3. The third kappa shape index (κ3) is 5.19. The Balaban J connectivity index is 1.59. The predicted molar refractivity (Wildman–Crippen MR) is 111 cm³/mol. The fourth-order valence-corrected chi connectivity index (χ4v) is 3.83. The highest BCUT2D eigenvalue weighted by atomic mass is 32.2. The molecule has 0 bridgehead atoms. The highest BCUT2D eigenvalue weighted by molar-refractivity contribution is 7.96. The number of benzene rings is 2. The quantitative estimate of drug-likeness (QED) is 0.554. The van der Waals surface area contributed by atoms with E-state index in [4.69, 9.17) is 4.74 Å². The number of aryl methyl sites for hydroxylation is 1. The number of amides is 3. The molecule has 30 heavy (non-hydrogen) atoms. The Morgan fingerprint density at radius 1 is 1.17 bits per heavy atom. The van der Waals surface area contributed by atoms with Crippen molar-refractivity contribution < 1.29 is 22.7 Å². The van der Waals surface area contributed by atoms with Crippen LogP contribution in [0.1, 0.15) is 17.5 Å². The minimum absolute atomic E-state index is 0.0169. The molecule has 1 fully saturated rings. The fraction of sp³-hybridized carbons (Fsp3) is 0.273. The predicted octanol–water partition coefficient (Wildman–Crippen LogP) is 3.19. The van der Waals surface area contributed by atoms with Crippen molar-refractivity contribution in [1.29, 1.82) is 0 Å². The van der Waals surface area contributed by atoms with Crippen LogP contribution in [0.4, 0.5) is 9.59 Å². The van der Waals surface area contributed by atoms with Gasteiger partial charge in [0, 0.05) is 25.3 Å². The van der Waals surface area contributed by atoms with Crippen molar-refractivity contribution in [1.82, 2.24) is 9.80 Å². The summed E-state index contributed by atoms with van der Waals surface area (Å²) in [5, 5.41) is 2.25.